The van der Waals surface area contributed by atoms with E-state index < -0.39 is 16.0 Å². The largest absolute Gasteiger partial charge is 0.481 e. The molecule has 1 aromatic heterocycles. The zero-order chi connectivity index (χ0) is 24.1. The van der Waals surface area contributed by atoms with Crippen LogP contribution in [-0.2, 0) is 27.7 Å². The molecule has 4 rings (SSSR count). The van der Waals surface area contributed by atoms with Crippen LogP contribution in [0.1, 0.15) is 53.9 Å². The smallest absolute Gasteiger partial charge is 0.303 e. The number of pyridine rings is 1. The molecule has 0 spiro atoms. The highest BCUT2D eigenvalue weighted by molar-refractivity contribution is 7.89. The van der Waals surface area contributed by atoms with Gasteiger partial charge in [-0.05, 0) is 78.3 Å². The van der Waals surface area contributed by atoms with Gasteiger partial charge in [0.15, 0.2) is 0 Å². The van der Waals surface area contributed by atoms with E-state index >= 15 is 0 Å². The Morgan fingerprint density at radius 2 is 1.82 bits per heavy atom. The minimum Gasteiger partial charge on any atom is -0.481 e. The number of carboxylic acids is 1. The van der Waals surface area contributed by atoms with E-state index in [1.54, 1.807) is 18.3 Å². The number of carboxylic acid groups (broad SMARTS) is 1. The van der Waals surface area contributed by atoms with Gasteiger partial charge in [0.05, 0.1) is 4.90 Å². The maximum absolute atomic E-state index is 12.8. The molecule has 0 bridgehead atoms. The van der Waals surface area contributed by atoms with Crippen molar-refractivity contribution >= 4 is 27.6 Å². The van der Waals surface area contributed by atoms with Gasteiger partial charge in [-0.3, -0.25) is 9.78 Å². The molecule has 34 heavy (non-hydrogen) atoms. The van der Waals surface area contributed by atoms with Gasteiger partial charge in [0.1, 0.15) is 0 Å². The first-order valence-electron chi connectivity index (χ1n) is 11.3. The molecular formula is C26H27ClN2O4S. The lowest BCUT2D eigenvalue weighted by Crippen LogP contribution is -2.35. The summed E-state index contributed by atoms with van der Waals surface area (Å²) in [6.45, 7) is 0. The molecule has 3 aromatic rings. The summed E-state index contributed by atoms with van der Waals surface area (Å²) in [5.41, 5.74) is 4.52. The van der Waals surface area contributed by atoms with Crippen LogP contribution < -0.4 is 4.72 Å². The number of nitrogens with one attached hydrogen (secondary N) is 1. The summed E-state index contributed by atoms with van der Waals surface area (Å²) in [5.74, 6) is -0.667. The SMILES string of the molecule is O=C(O)CCCCC(c1cccnc1)c1ccc2c(c1)CC(NS(=O)(=O)c1ccc(Cl)cc1)C2. The standard InChI is InChI=1S/C26H27ClN2O4S/c27-22-9-11-24(12-10-22)34(32,33)29-23-15-18-7-8-19(14-21(18)16-23)25(5-1-2-6-26(30)31)20-4-3-13-28-17-20/h3-4,7-14,17,23,25,29H,1-2,5-6,15-16H2,(H,30,31). The Bertz CT molecular complexity index is 1250. The summed E-state index contributed by atoms with van der Waals surface area (Å²) in [4.78, 5) is 15.4. The highest BCUT2D eigenvalue weighted by Gasteiger charge is 2.27. The summed E-state index contributed by atoms with van der Waals surface area (Å²) in [7, 11) is -3.63. The zero-order valence-corrected chi connectivity index (χ0v) is 20.2. The molecule has 2 atom stereocenters. The fraction of sp³-hybridized carbons (Fsp3) is 0.308. The highest BCUT2D eigenvalue weighted by atomic mass is 35.5. The Balaban J connectivity index is 1.49. The molecule has 178 valence electrons. The van der Waals surface area contributed by atoms with Crippen molar-refractivity contribution in [1.82, 2.24) is 9.71 Å². The molecule has 0 fully saturated rings. The van der Waals surface area contributed by atoms with Crippen LogP contribution in [0.25, 0.3) is 0 Å². The second-order valence-electron chi connectivity index (χ2n) is 8.69. The van der Waals surface area contributed by atoms with Gasteiger partial charge in [-0.25, -0.2) is 13.1 Å². The van der Waals surface area contributed by atoms with Crippen molar-refractivity contribution in [2.45, 2.75) is 55.4 Å². The number of unbranched alkanes of at least 4 members (excludes halogenated alkanes) is 1. The predicted molar refractivity (Wildman–Crippen MR) is 132 cm³/mol. The summed E-state index contributed by atoms with van der Waals surface area (Å²) < 4.78 is 28.4. The minimum absolute atomic E-state index is 0.109. The highest BCUT2D eigenvalue weighted by Crippen LogP contribution is 2.33. The van der Waals surface area contributed by atoms with Gasteiger partial charge in [0.25, 0.3) is 0 Å². The van der Waals surface area contributed by atoms with E-state index in [1.807, 2.05) is 18.3 Å². The van der Waals surface area contributed by atoms with E-state index in [0.717, 1.165) is 35.1 Å². The molecule has 2 N–H and O–H groups in total. The lowest BCUT2D eigenvalue weighted by molar-refractivity contribution is -0.137. The van der Waals surface area contributed by atoms with E-state index in [1.165, 1.54) is 12.1 Å². The molecule has 8 heteroatoms. The average molecular weight is 499 g/mol. The van der Waals surface area contributed by atoms with Gasteiger partial charge in [0.2, 0.25) is 10.0 Å². The van der Waals surface area contributed by atoms with Crippen LogP contribution >= 0.6 is 11.6 Å². The Labute approximate surface area is 205 Å². The van der Waals surface area contributed by atoms with Crippen LogP contribution in [0.5, 0.6) is 0 Å². The average Bonchev–Trinajstić information content (AvgIpc) is 3.20. The number of sulfonamides is 1. The molecule has 0 amide bonds. The summed E-state index contributed by atoms with van der Waals surface area (Å²) in [5, 5.41) is 9.44. The molecule has 2 aromatic carbocycles. The number of hydrogen-bond acceptors (Lipinski definition) is 4. The topological polar surface area (TPSA) is 96.4 Å². The number of hydrogen-bond donors (Lipinski definition) is 2. The molecule has 0 radical (unpaired) electrons. The Kier molecular flexibility index (Phi) is 7.66. The van der Waals surface area contributed by atoms with Gasteiger partial charge in [-0.1, -0.05) is 42.3 Å². The van der Waals surface area contributed by atoms with Gasteiger partial charge >= 0.3 is 5.97 Å². The lowest BCUT2D eigenvalue weighted by Gasteiger charge is -2.19. The van der Waals surface area contributed by atoms with Crippen molar-refractivity contribution in [3.05, 3.63) is 94.3 Å². The third kappa shape index (κ3) is 6.03. The van der Waals surface area contributed by atoms with Crippen LogP contribution in [0.15, 0.2) is 71.9 Å². The Morgan fingerprint density at radius 1 is 1.06 bits per heavy atom. The molecule has 0 saturated heterocycles. The normalized spacial score (nSPS) is 16.2. The molecule has 1 aliphatic carbocycles. The number of aliphatic carboxylic acids is 1. The molecule has 0 aliphatic heterocycles. The van der Waals surface area contributed by atoms with Crippen LogP contribution in [0, 0.1) is 0 Å². The zero-order valence-electron chi connectivity index (χ0n) is 18.7. The fourth-order valence-electron chi connectivity index (χ4n) is 4.57. The van der Waals surface area contributed by atoms with Crippen molar-refractivity contribution in [3.63, 3.8) is 0 Å². The van der Waals surface area contributed by atoms with Crippen molar-refractivity contribution in [2.24, 2.45) is 0 Å². The number of aromatic nitrogens is 1. The van der Waals surface area contributed by atoms with Gasteiger partial charge in [-0.2, -0.15) is 0 Å². The maximum atomic E-state index is 12.8. The van der Waals surface area contributed by atoms with Crippen molar-refractivity contribution < 1.29 is 18.3 Å². The van der Waals surface area contributed by atoms with E-state index in [-0.39, 0.29) is 23.3 Å². The monoisotopic (exact) mass is 498 g/mol. The Hall–Kier alpha value is -2.74. The van der Waals surface area contributed by atoms with Crippen molar-refractivity contribution in [2.75, 3.05) is 0 Å². The quantitative estimate of drug-likeness (QED) is 0.385. The summed E-state index contributed by atoms with van der Waals surface area (Å²) in [6.07, 6.45) is 7.28. The first-order chi connectivity index (χ1) is 16.3. The third-order valence-corrected chi connectivity index (χ3v) is 8.02. The van der Waals surface area contributed by atoms with Crippen molar-refractivity contribution in [3.8, 4) is 0 Å². The number of benzene rings is 2. The van der Waals surface area contributed by atoms with E-state index in [4.69, 9.17) is 16.7 Å². The van der Waals surface area contributed by atoms with Crippen LogP contribution in [0.3, 0.4) is 0 Å². The van der Waals surface area contributed by atoms with Crippen molar-refractivity contribution in [1.29, 1.82) is 0 Å². The number of halogens is 1. The van der Waals surface area contributed by atoms with Gasteiger partial charge < -0.3 is 5.11 Å². The molecule has 6 nitrogen and oxygen atoms in total. The predicted octanol–water partition coefficient (Wildman–Crippen LogP) is 4.96. The Morgan fingerprint density at radius 3 is 2.53 bits per heavy atom. The van der Waals surface area contributed by atoms with Crippen LogP contribution in [0.2, 0.25) is 5.02 Å². The number of rotatable bonds is 10. The van der Waals surface area contributed by atoms with E-state index in [9.17, 15) is 13.2 Å². The third-order valence-electron chi connectivity index (χ3n) is 6.23. The maximum Gasteiger partial charge on any atom is 0.303 e. The molecule has 2 unspecified atom stereocenters. The second-order valence-corrected chi connectivity index (χ2v) is 10.8. The lowest BCUT2D eigenvalue weighted by atomic mass is 9.86. The van der Waals surface area contributed by atoms with Crippen LogP contribution in [0.4, 0.5) is 0 Å². The molecule has 1 aliphatic rings. The van der Waals surface area contributed by atoms with Gasteiger partial charge in [0, 0.05) is 35.8 Å². The molecule has 0 saturated carbocycles. The molecular weight excluding hydrogens is 472 g/mol. The summed E-state index contributed by atoms with van der Waals surface area (Å²) in [6, 6.07) is 16.3. The number of carbonyl (C=O) groups is 1. The second kappa shape index (κ2) is 10.7. The van der Waals surface area contributed by atoms with E-state index in [2.05, 4.69) is 27.9 Å². The number of nitrogens with zero attached hydrogens (tertiary/aromatic N) is 1. The molecule has 1 heterocycles. The fourth-order valence-corrected chi connectivity index (χ4v) is 5.93. The number of fused-ring (bicyclic) bond motifs is 1. The van der Waals surface area contributed by atoms with E-state index in [0.29, 0.717) is 24.3 Å². The first kappa shape index (κ1) is 24.4. The first-order valence-corrected chi connectivity index (χ1v) is 13.2. The van der Waals surface area contributed by atoms with Crippen LogP contribution in [-0.4, -0.2) is 30.5 Å². The van der Waals surface area contributed by atoms with Gasteiger partial charge in [-0.15, -0.1) is 0 Å². The summed E-state index contributed by atoms with van der Waals surface area (Å²) >= 11 is 5.89. The minimum atomic E-state index is -3.63.